The Balaban J connectivity index is 1.97. The Labute approximate surface area is 140 Å². The van der Waals surface area contributed by atoms with Gasteiger partial charge in [-0.05, 0) is 53.3 Å². The van der Waals surface area contributed by atoms with Gasteiger partial charge >= 0.3 is 0 Å². The first-order valence-electron chi connectivity index (χ1n) is 8.03. The van der Waals surface area contributed by atoms with Gasteiger partial charge in [0, 0.05) is 17.1 Å². The largest absolute Gasteiger partial charge is 0.287 e. The number of hydrogen-bond acceptors (Lipinski definition) is 2. The first kappa shape index (κ1) is 14.6. The first-order valence-corrected chi connectivity index (χ1v) is 8.03. The summed E-state index contributed by atoms with van der Waals surface area (Å²) >= 11 is 0. The fourth-order valence-electron chi connectivity index (χ4n) is 3.18. The summed E-state index contributed by atoms with van der Waals surface area (Å²) in [4.78, 5) is 17.6. The molecule has 0 amide bonds. The summed E-state index contributed by atoms with van der Waals surface area (Å²) in [6, 6.07) is 19.9. The molecule has 1 heterocycles. The summed E-state index contributed by atoms with van der Waals surface area (Å²) in [5.74, 6) is -0.0272. The van der Waals surface area contributed by atoms with Gasteiger partial charge < -0.3 is 0 Å². The van der Waals surface area contributed by atoms with E-state index in [1.807, 2.05) is 48.5 Å². The highest BCUT2D eigenvalue weighted by atomic mass is 16.1. The normalized spacial score (nSPS) is 11.1. The molecule has 1 aromatic heterocycles. The van der Waals surface area contributed by atoms with Crippen molar-refractivity contribution < 1.29 is 4.79 Å². The molecule has 3 aromatic carbocycles. The molecule has 2 nitrogen and oxygen atoms in total. The summed E-state index contributed by atoms with van der Waals surface area (Å²) in [6.45, 7) is 4.15. The minimum absolute atomic E-state index is 0.0272. The maximum absolute atomic E-state index is 13.2. The standard InChI is InChI=1S/C22H17NO/c1-14-12-17-10-11-23-21(20(17)13-15(14)2)22(24)19-9-5-7-16-6-3-4-8-18(16)19/h3-13H,1-2H3. The van der Waals surface area contributed by atoms with E-state index in [2.05, 4.69) is 31.0 Å². The lowest BCUT2D eigenvalue weighted by Crippen LogP contribution is -2.06. The van der Waals surface area contributed by atoms with Gasteiger partial charge in [-0.2, -0.15) is 0 Å². The third kappa shape index (κ3) is 2.28. The smallest absolute Gasteiger partial charge is 0.212 e. The van der Waals surface area contributed by atoms with Crippen LogP contribution in [0.4, 0.5) is 0 Å². The van der Waals surface area contributed by atoms with E-state index in [-0.39, 0.29) is 5.78 Å². The van der Waals surface area contributed by atoms with Crippen molar-refractivity contribution in [2.24, 2.45) is 0 Å². The molecule has 116 valence electrons. The maximum Gasteiger partial charge on any atom is 0.212 e. The van der Waals surface area contributed by atoms with Crippen LogP contribution in [0.25, 0.3) is 21.5 Å². The van der Waals surface area contributed by atoms with Crippen LogP contribution in [0.2, 0.25) is 0 Å². The molecule has 0 unspecified atom stereocenters. The molecule has 0 aliphatic heterocycles. The lowest BCUT2D eigenvalue weighted by atomic mass is 9.95. The van der Waals surface area contributed by atoms with Crippen LogP contribution >= 0.6 is 0 Å². The average molecular weight is 311 g/mol. The minimum Gasteiger partial charge on any atom is -0.287 e. The lowest BCUT2D eigenvalue weighted by Gasteiger charge is -2.10. The predicted octanol–water partition coefficient (Wildman–Crippen LogP) is 5.24. The minimum atomic E-state index is -0.0272. The summed E-state index contributed by atoms with van der Waals surface area (Å²) < 4.78 is 0. The van der Waals surface area contributed by atoms with E-state index in [9.17, 15) is 4.79 Å². The van der Waals surface area contributed by atoms with Crippen molar-refractivity contribution in [2.75, 3.05) is 0 Å². The Morgan fingerprint density at radius 2 is 1.54 bits per heavy atom. The molecule has 0 aliphatic carbocycles. The Bertz CT molecular complexity index is 1090. The first-order chi connectivity index (χ1) is 11.6. The number of carbonyl (C=O) groups is 1. The number of aromatic nitrogens is 1. The van der Waals surface area contributed by atoms with Gasteiger partial charge in [-0.3, -0.25) is 9.78 Å². The lowest BCUT2D eigenvalue weighted by molar-refractivity contribution is 0.103. The van der Waals surface area contributed by atoms with Crippen molar-refractivity contribution in [1.82, 2.24) is 4.98 Å². The molecular weight excluding hydrogens is 294 g/mol. The van der Waals surface area contributed by atoms with Crippen LogP contribution in [0.15, 0.2) is 66.9 Å². The van der Waals surface area contributed by atoms with Crippen LogP contribution < -0.4 is 0 Å². The molecule has 2 heteroatoms. The third-order valence-electron chi connectivity index (χ3n) is 4.63. The zero-order valence-corrected chi connectivity index (χ0v) is 13.7. The Hall–Kier alpha value is -3.00. The van der Waals surface area contributed by atoms with Gasteiger partial charge in [0.15, 0.2) is 0 Å². The summed E-state index contributed by atoms with van der Waals surface area (Å²) in [5, 5.41) is 4.00. The third-order valence-corrected chi connectivity index (χ3v) is 4.63. The van der Waals surface area contributed by atoms with Crippen LogP contribution in [0, 0.1) is 13.8 Å². The fraction of sp³-hybridized carbons (Fsp3) is 0.0909. The average Bonchev–Trinajstić information content (AvgIpc) is 2.61. The summed E-state index contributed by atoms with van der Waals surface area (Å²) in [6.07, 6.45) is 1.72. The van der Waals surface area contributed by atoms with Crippen molar-refractivity contribution in [3.05, 3.63) is 89.2 Å². The molecule has 0 aliphatic rings. The van der Waals surface area contributed by atoms with Crippen LogP contribution in [0.5, 0.6) is 0 Å². The SMILES string of the molecule is Cc1cc2ccnc(C(=O)c3cccc4ccccc34)c2cc1C. The number of fused-ring (bicyclic) bond motifs is 2. The van der Waals surface area contributed by atoms with Crippen molar-refractivity contribution in [3.8, 4) is 0 Å². The maximum atomic E-state index is 13.2. The Morgan fingerprint density at radius 1 is 0.792 bits per heavy atom. The number of hydrogen-bond donors (Lipinski definition) is 0. The van der Waals surface area contributed by atoms with Gasteiger partial charge in [0.1, 0.15) is 5.69 Å². The van der Waals surface area contributed by atoms with E-state index >= 15 is 0 Å². The molecule has 24 heavy (non-hydrogen) atoms. The molecule has 4 rings (SSSR count). The molecule has 0 bridgehead atoms. The second kappa shape index (κ2) is 5.57. The van der Waals surface area contributed by atoms with Crippen LogP contribution in [0.3, 0.4) is 0 Å². The molecule has 4 aromatic rings. The van der Waals surface area contributed by atoms with Gasteiger partial charge in [-0.1, -0.05) is 48.5 Å². The number of ketones is 1. The molecule has 0 fully saturated rings. The number of nitrogens with zero attached hydrogens (tertiary/aromatic N) is 1. The molecule has 0 saturated carbocycles. The van der Waals surface area contributed by atoms with Crippen molar-refractivity contribution >= 4 is 27.3 Å². The predicted molar refractivity (Wildman–Crippen MR) is 98.6 cm³/mol. The quantitative estimate of drug-likeness (QED) is 0.474. The van der Waals surface area contributed by atoms with Gasteiger partial charge in [-0.15, -0.1) is 0 Å². The van der Waals surface area contributed by atoms with Gasteiger partial charge in [0.05, 0.1) is 0 Å². The number of pyridine rings is 1. The summed E-state index contributed by atoms with van der Waals surface area (Å²) in [7, 11) is 0. The zero-order chi connectivity index (χ0) is 16.7. The molecule has 0 spiro atoms. The molecule has 0 atom stereocenters. The Kier molecular flexibility index (Phi) is 3.39. The van der Waals surface area contributed by atoms with Crippen molar-refractivity contribution in [1.29, 1.82) is 0 Å². The van der Waals surface area contributed by atoms with E-state index in [0.29, 0.717) is 11.3 Å². The highest BCUT2D eigenvalue weighted by molar-refractivity contribution is 6.20. The fourth-order valence-corrected chi connectivity index (χ4v) is 3.18. The van der Waals surface area contributed by atoms with E-state index in [1.54, 1.807) is 6.20 Å². The second-order valence-electron chi connectivity index (χ2n) is 6.17. The van der Waals surface area contributed by atoms with Gasteiger partial charge in [0.25, 0.3) is 0 Å². The molecule has 0 N–H and O–H groups in total. The van der Waals surface area contributed by atoms with E-state index in [1.165, 1.54) is 11.1 Å². The molecular formula is C22H17NO. The molecule has 0 radical (unpaired) electrons. The van der Waals surface area contributed by atoms with E-state index < -0.39 is 0 Å². The topological polar surface area (TPSA) is 30.0 Å². The second-order valence-corrected chi connectivity index (χ2v) is 6.17. The van der Waals surface area contributed by atoms with E-state index in [4.69, 9.17) is 0 Å². The summed E-state index contributed by atoms with van der Waals surface area (Å²) in [5.41, 5.74) is 3.61. The number of carbonyl (C=O) groups excluding carboxylic acids is 1. The number of aryl methyl sites for hydroxylation is 2. The number of benzene rings is 3. The highest BCUT2D eigenvalue weighted by Gasteiger charge is 2.17. The number of rotatable bonds is 2. The zero-order valence-electron chi connectivity index (χ0n) is 13.7. The van der Waals surface area contributed by atoms with E-state index in [0.717, 1.165) is 21.5 Å². The monoisotopic (exact) mass is 311 g/mol. The highest BCUT2D eigenvalue weighted by Crippen LogP contribution is 2.26. The molecule has 0 saturated heterocycles. The van der Waals surface area contributed by atoms with Crippen molar-refractivity contribution in [2.45, 2.75) is 13.8 Å². The van der Waals surface area contributed by atoms with Crippen LogP contribution in [-0.2, 0) is 0 Å². The Morgan fingerprint density at radius 3 is 2.42 bits per heavy atom. The van der Waals surface area contributed by atoms with Crippen molar-refractivity contribution in [3.63, 3.8) is 0 Å². The van der Waals surface area contributed by atoms with Crippen LogP contribution in [-0.4, -0.2) is 10.8 Å². The van der Waals surface area contributed by atoms with Gasteiger partial charge in [-0.25, -0.2) is 0 Å². The van der Waals surface area contributed by atoms with Gasteiger partial charge in [0.2, 0.25) is 5.78 Å². The van der Waals surface area contributed by atoms with Crippen LogP contribution in [0.1, 0.15) is 27.2 Å².